The number of hydrogen-bond donors (Lipinski definition) is 5. The van der Waals surface area contributed by atoms with Crippen molar-refractivity contribution in [2.45, 2.75) is 66.5 Å². The average molecular weight is 504 g/mol. The first-order chi connectivity index (χ1) is 16.0. The Labute approximate surface area is 213 Å². The number of ketones is 2. The molecule has 0 saturated heterocycles. The normalized spacial score (nSPS) is 11.3. The molecule has 7 N–H and O–H groups in total. The predicted octanol–water partition coefficient (Wildman–Crippen LogP) is 3.08. The summed E-state index contributed by atoms with van der Waals surface area (Å²) >= 11 is 0. The van der Waals surface area contributed by atoms with Crippen LogP contribution in [0.3, 0.4) is 0 Å². The van der Waals surface area contributed by atoms with Crippen molar-refractivity contribution < 1.29 is 29.4 Å². The van der Waals surface area contributed by atoms with Gasteiger partial charge in [-0.2, -0.15) is 0 Å². The van der Waals surface area contributed by atoms with Crippen LogP contribution >= 0.6 is 0 Å². The van der Waals surface area contributed by atoms with Crippen LogP contribution in [0, 0.1) is 0 Å². The largest absolute Gasteiger partial charge is 0.480 e. The average Bonchev–Trinajstić information content (AvgIpc) is 2.78. The molecule has 36 heavy (non-hydrogen) atoms. The van der Waals surface area contributed by atoms with E-state index in [2.05, 4.69) is 5.32 Å². The second kappa shape index (κ2) is 17.8. The summed E-state index contributed by atoms with van der Waals surface area (Å²) in [4.78, 5) is 42.7. The number of carboxylic acid groups (broad SMARTS) is 2. The van der Waals surface area contributed by atoms with Crippen LogP contribution in [0.5, 0.6) is 0 Å². The van der Waals surface area contributed by atoms with E-state index in [9.17, 15) is 19.2 Å². The van der Waals surface area contributed by atoms with Gasteiger partial charge in [0, 0.05) is 12.1 Å². The minimum atomic E-state index is -1.01. The number of Topliss-reactive ketones (excluding diaryl/α,β-unsaturated/α-hetero) is 2. The molecule has 0 saturated carbocycles. The SMILES string of the molecule is C.C.CC(=O)CCc1ccc(CC(N)C(=O)O)cc1.CC(=O)CNc1ccc(CC(N)C(=O)O)cc1. The number of aliphatic carboxylic acids is 2. The Morgan fingerprint density at radius 3 is 1.47 bits per heavy atom. The fraction of sp³-hybridized carbons (Fsp3) is 0.407. The molecule has 0 aliphatic rings. The number of hydrogen-bond acceptors (Lipinski definition) is 7. The lowest BCUT2D eigenvalue weighted by molar-refractivity contribution is -0.139. The Bertz CT molecular complexity index is 879. The van der Waals surface area contributed by atoms with E-state index >= 15 is 0 Å². The molecule has 0 fully saturated rings. The molecule has 0 aromatic heterocycles. The minimum Gasteiger partial charge on any atom is -0.480 e. The van der Waals surface area contributed by atoms with Crippen molar-refractivity contribution >= 4 is 29.2 Å². The smallest absolute Gasteiger partial charge is 0.320 e. The molecule has 9 heteroatoms. The highest BCUT2D eigenvalue weighted by molar-refractivity contribution is 5.80. The lowest BCUT2D eigenvalue weighted by Crippen LogP contribution is -2.32. The number of carbonyl (C=O) groups excluding carboxylic acids is 2. The topological polar surface area (TPSA) is 173 Å². The molecule has 0 bridgehead atoms. The Morgan fingerprint density at radius 2 is 1.11 bits per heavy atom. The van der Waals surface area contributed by atoms with Gasteiger partial charge in [0.25, 0.3) is 0 Å². The van der Waals surface area contributed by atoms with Gasteiger partial charge in [0.2, 0.25) is 0 Å². The maximum absolute atomic E-state index is 10.8. The molecular weight excluding hydrogens is 462 g/mol. The number of rotatable bonds is 12. The molecular formula is C27H41N3O6. The number of nitrogens with one attached hydrogen (secondary N) is 1. The summed E-state index contributed by atoms with van der Waals surface area (Å²) in [6.45, 7) is 3.36. The zero-order valence-electron chi connectivity index (χ0n) is 19.5. The highest BCUT2D eigenvalue weighted by Gasteiger charge is 2.12. The van der Waals surface area contributed by atoms with Crippen LogP contribution < -0.4 is 16.8 Å². The zero-order valence-corrected chi connectivity index (χ0v) is 19.5. The molecule has 2 atom stereocenters. The fourth-order valence-electron chi connectivity index (χ4n) is 2.83. The summed E-state index contributed by atoms with van der Waals surface area (Å²) in [7, 11) is 0. The Morgan fingerprint density at radius 1 is 0.722 bits per heavy atom. The molecule has 0 heterocycles. The van der Waals surface area contributed by atoms with Gasteiger partial charge in [-0.3, -0.25) is 14.4 Å². The molecule has 0 spiro atoms. The summed E-state index contributed by atoms with van der Waals surface area (Å²) in [6.07, 6.45) is 1.87. The maximum atomic E-state index is 10.8. The van der Waals surface area contributed by atoms with Gasteiger partial charge in [-0.25, -0.2) is 0 Å². The van der Waals surface area contributed by atoms with E-state index < -0.39 is 24.0 Å². The molecule has 0 amide bonds. The van der Waals surface area contributed by atoms with Crippen molar-refractivity contribution in [3.8, 4) is 0 Å². The van der Waals surface area contributed by atoms with Crippen molar-refractivity contribution in [2.24, 2.45) is 11.5 Å². The van der Waals surface area contributed by atoms with Crippen LogP contribution in [0.25, 0.3) is 0 Å². The van der Waals surface area contributed by atoms with Crippen molar-refractivity contribution in [1.29, 1.82) is 0 Å². The van der Waals surface area contributed by atoms with Crippen molar-refractivity contribution in [3.05, 3.63) is 65.2 Å². The monoisotopic (exact) mass is 503 g/mol. The van der Waals surface area contributed by atoms with Gasteiger partial charge in [0.1, 0.15) is 23.7 Å². The number of carbonyl (C=O) groups is 4. The van der Waals surface area contributed by atoms with Crippen molar-refractivity contribution in [3.63, 3.8) is 0 Å². The van der Waals surface area contributed by atoms with Gasteiger partial charge in [-0.15, -0.1) is 0 Å². The Kier molecular flexibility index (Phi) is 17.1. The van der Waals surface area contributed by atoms with Crippen molar-refractivity contribution in [1.82, 2.24) is 0 Å². The first-order valence-corrected chi connectivity index (χ1v) is 10.8. The number of anilines is 1. The highest BCUT2D eigenvalue weighted by Crippen LogP contribution is 2.11. The van der Waals surface area contributed by atoms with Crippen LogP contribution in [-0.2, 0) is 38.4 Å². The first kappa shape index (κ1) is 34.6. The summed E-state index contributed by atoms with van der Waals surface area (Å²) < 4.78 is 0. The molecule has 2 aromatic carbocycles. The van der Waals surface area contributed by atoms with Crippen LogP contribution in [0.2, 0.25) is 0 Å². The molecule has 0 radical (unpaired) electrons. The molecule has 0 aliphatic carbocycles. The predicted molar refractivity (Wildman–Crippen MR) is 143 cm³/mol. The lowest BCUT2D eigenvalue weighted by atomic mass is 10.0. The van der Waals surface area contributed by atoms with Crippen LogP contribution in [-0.4, -0.2) is 52.3 Å². The van der Waals surface area contributed by atoms with E-state index in [1.165, 1.54) is 6.92 Å². The number of aryl methyl sites for hydroxylation is 1. The van der Waals surface area contributed by atoms with Gasteiger partial charge in [0.15, 0.2) is 0 Å². The Hall–Kier alpha value is -3.56. The lowest BCUT2D eigenvalue weighted by Gasteiger charge is -2.08. The molecule has 0 aliphatic heterocycles. The maximum Gasteiger partial charge on any atom is 0.320 e. The first-order valence-electron chi connectivity index (χ1n) is 10.8. The van der Waals surface area contributed by atoms with Crippen LogP contribution in [0.15, 0.2) is 48.5 Å². The summed E-state index contributed by atoms with van der Waals surface area (Å²) in [6, 6.07) is 13.0. The quantitative estimate of drug-likeness (QED) is 0.292. The zero-order chi connectivity index (χ0) is 25.7. The minimum absolute atomic E-state index is 0. The van der Waals surface area contributed by atoms with Crippen LogP contribution in [0.4, 0.5) is 5.69 Å². The fourth-order valence-corrected chi connectivity index (χ4v) is 2.83. The molecule has 200 valence electrons. The van der Waals surface area contributed by atoms with Gasteiger partial charge in [0.05, 0.1) is 6.54 Å². The third kappa shape index (κ3) is 14.6. The molecule has 2 rings (SSSR count). The van der Waals surface area contributed by atoms with E-state index in [-0.39, 0.29) is 33.0 Å². The van der Waals surface area contributed by atoms with E-state index in [4.69, 9.17) is 21.7 Å². The second-order valence-corrected chi connectivity index (χ2v) is 8.07. The standard InChI is InChI=1S/C13H17NO3.C12H16N2O3.2CH4/c1-9(15)2-3-10-4-6-11(7-5-10)8-12(14)13(16)17;1-8(15)7-14-10-4-2-9(3-5-10)6-11(13)12(16)17;;/h4-7,12H,2-3,8,14H2,1H3,(H,16,17);2-5,11,14H,6-7,13H2,1H3,(H,16,17);2*1H4. The Balaban J connectivity index is 0. The van der Waals surface area contributed by atoms with E-state index in [0.717, 1.165) is 28.8 Å². The highest BCUT2D eigenvalue weighted by atomic mass is 16.4. The van der Waals surface area contributed by atoms with E-state index in [1.54, 1.807) is 31.2 Å². The van der Waals surface area contributed by atoms with Gasteiger partial charge in [-0.05, 0) is 61.9 Å². The molecule has 2 unspecified atom stereocenters. The number of carboxylic acids is 2. The van der Waals surface area contributed by atoms with Gasteiger partial charge < -0.3 is 31.8 Å². The summed E-state index contributed by atoms with van der Waals surface area (Å²) in [5.41, 5.74) is 14.5. The van der Waals surface area contributed by atoms with Crippen LogP contribution in [0.1, 0.15) is 51.8 Å². The van der Waals surface area contributed by atoms with Gasteiger partial charge >= 0.3 is 11.9 Å². The summed E-state index contributed by atoms with van der Waals surface area (Å²) in [5, 5.41) is 20.3. The van der Waals surface area contributed by atoms with Gasteiger partial charge in [-0.1, -0.05) is 51.3 Å². The van der Waals surface area contributed by atoms with E-state index in [0.29, 0.717) is 19.3 Å². The number of nitrogens with two attached hydrogens (primary N) is 2. The van der Waals surface area contributed by atoms with Crippen molar-refractivity contribution in [2.75, 3.05) is 11.9 Å². The number of benzene rings is 2. The molecule has 9 nitrogen and oxygen atoms in total. The third-order valence-corrected chi connectivity index (χ3v) is 4.83. The second-order valence-electron chi connectivity index (χ2n) is 8.07. The van der Waals surface area contributed by atoms with E-state index in [1.807, 2.05) is 24.3 Å². The third-order valence-electron chi connectivity index (χ3n) is 4.83. The molecule has 2 aromatic rings. The summed E-state index contributed by atoms with van der Waals surface area (Å²) in [5.74, 6) is -1.78.